The SMILES string of the molecule is Cc1c[nH]c2c(Cl)nccc2c1=O. The molecular weight excluding hydrogens is 188 g/mol. The summed E-state index contributed by atoms with van der Waals surface area (Å²) in [6.07, 6.45) is 3.16. The molecule has 4 heteroatoms. The third-order valence-electron chi connectivity index (χ3n) is 1.94. The fourth-order valence-electron chi connectivity index (χ4n) is 1.22. The van der Waals surface area contributed by atoms with Crippen LogP contribution in [0.1, 0.15) is 5.56 Å². The van der Waals surface area contributed by atoms with Gasteiger partial charge in [-0.1, -0.05) is 11.6 Å². The summed E-state index contributed by atoms with van der Waals surface area (Å²) in [5.74, 6) is 0. The second-order valence-corrected chi connectivity index (χ2v) is 3.18. The lowest BCUT2D eigenvalue weighted by molar-refractivity contribution is 1.26. The van der Waals surface area contributed by atoms with Crippen LogP contribution < -0.4 is 5.43 Å². The summed E-state index contributed by atoms with van der Waals surface area (Å²) in [6, 6.07) is 1.66. The maximum Gasteiger partial charge on any atom is 0.192 e. The normalized spacial score (nSPS) is 10.6. The molecule has 2 heterocycles. The Kier molecular flexibility index (Phi) is 1.81. The zero-order valence-corrected chi connectivity index (χ0v) is 7.72. The lowest BCUT2D eigenvalue weighted by Gasteiger charge is -1.99. The van der Waals surface area contributed by atoms with Crippen LogP contribution in [0.2, 0.25) is 5.15 Å². The van der Waals surface area contributed by atoms with Crippen molar-refractivity contribution in [3.8, 4) is 0 Å². The molecule has 3 nitrogen and oxygen atoms in total. The van der Waals surface area contributed by atoms with E-state index < -0.39 is 0 Å². The molecule has 1 N–H and O–H groups in total. The first-order chi connectivity index (χ1) is 6.20. The van der Waals surface area contributed by atoms with Crippen LogP contribution in [0.4, 0.5) is 0 Å². The van der Waals surface area contributed by atoms with E-state index in [0.29, 0.717) is 21.6 Å². The van der Waals surface area contributed by atoms with E-state index in [1.54, 1.807) is 19.2 Å². The van der Waals surface area contributed by atoms with Crippen molar-refractivity contribution in [2.45, 2.75) is 6.92 Å². The van der Waals surface area contributed by atoms with Gasteiger partial charge in [0.05, 0.1) is 10.9 Å². The number of nitrogens with zero attached hydrogens (tertiary/aromatic N) is 1. The van der Waals surface area contributed by atoms with Crippen LogP contribution in [-0.2, 0) is 0 Å². The third-order valence-corrected chi connectivity index (χ3v) is 2.23. The smallest absolute Gasteiger partial charge is 0.192 e. The molecule has 0 aliphatic heterocycles. The zero-order valence-electron chi connectivity index (χ0n) is 6.97. The molecule has 2 rings (SSSR count). The van der Waals surface area contributed by atoms with E-state index in [1.807, 2.05) is 0 Å². The monoisotopic (exact) mass is 194 g/mol. The molecule has 0 saturated heterocycles. The standard InChI is InChI=1S/C9H7ClN2O/c1-5-4-12-7-6(8(5)13)2-3-11-9(7)10/h2-4H,1H3,(H,12,13). The van der Waals surface area contributed by atoms with Crippen molar-refractivity contribution in [1.29, 1.82) is 0 Å². The van der Waals surface area contributed by atoms with Crippen molar-refractivity contribution in [2.24, 2.45) is 0 Å². The summed E-state index contributed by atoms with van der Waals surface area (Å²) in [7, 11) is 0. The van der Waals surface area contributed by atoms with Crippen molar-refractivity contribution >= 4 is 22.5 Å². The molecule has 0 aromatic carbocycles. The number of nitrogens with one attached hydrogen (secondary N) is 1. The highest BCUT2D eigenvalue weighted by atomic mass is 35.5. The summed E-state index contributed by atoms with van der Waals surface area (Å²) < 4.78 is 0. The Morgan fingerprint density at radius 1 is 1.54 bits per heavy atom. The number of aromatic amines is 1. The fourth-order valence-corrected chi connectivity index (χ4v) is 1.43. The highest BCUT2D eigenvalue weighted by molar-refractivity contribution is 6.33. The minimum atomic E-state index is -0.00181. The lowest BCUT2D eigenvalue weighted by atomic mass is 10.2. The predicted molar refractivity (Wildman–Crippen MR) is 52.1 cm³/mol. The van der Waals surface area contributed by atoms with Gasteiger partial charge < -0.3 is 4.98 Å². The van der Waals surface area contributed by atoms with Crippen molar-refractivity contribution in [2.75, 3.05) is 0 Å². The van der Waals surface area contributed by atoms with Gasteiger partial charge in [-0.3, -0.25) is 4.79 Å². The Morgan fingerprint density at radius 2 is 2.31 bits per heavy atom. The average molecular weight is 195 g/mol. The Balaban J connectivity index is 3.03. The van der Waals surface area contributed by atoms with E-state index in [9.17, 15) is 4.79 Å². The van der Waals surface area contributed by atoms with Gasteiger partial charge in [-0.25, -0.2) is 4.98 Å². The predicted octanol–water partition coefficient (Wildman–Crippen LogP) is 1.88. The first-order valence-corrected chi connectivity index (χ1v) is 4.20. The van der Waals surface area contributed by atoms with Crippen LogP contribution in [0.3, 0.4) is 0 Å². The fraction of sp³-hybridized carbons (Fsp3) is 0.111. The second kappa shape index (κ2) is 2.85. The average Bonchev–Trinajstić information content (AvgIpc) is 2.12. The summed E-state index contributed by atoms with van der Waals surface area (Å²) in [5.41, 5.74) is 1.27. The highest BCUT2D eigenvalue weighted by Crippen LogP contribution is 2.15. The number of H-pyrrole nitrogens is 1. The number of hydrogen-bond donors (Lipinski definition) is 1. The number of fused-ring (bicyclic) bond motifs is 1. The van der Waals surface area contributed by atoms with Gasteiger partial charge in [0.15, 0.2) is 10.6 Å². The second-order valence-electron chi connectivity index (χ2n) is 2.83. The molecule has 2 aromatic rings. The maximum atomic E-state index is 11.6. The minimum absolute atomic E-state index is 0.00181. The van der Waals surface area contributed by atoms with Crippen LogP contribution in [0.25, 0.3) is 10.9 Å². The molecule has 0 unspecified atom stereocenters. The van der Waals surface area contributed by atoms with Gasteiger partial charge in [0.1, 0.15) is 0 Å². The van der Waals surface area contributed by atoms with Crippen LogP contribution >= 0.6 is 11.6 Å². The summed E-state index contributed by atoms with van der Waals surface area (Å²) in [6.45, 7) is 1.76. The Labute approximate surface area is 79.4 Å². The van der Waals surface area contributed by atoms with E-state index in [2.05, 4.69) is 9.97 Å². The lowest BCUT2D eigenvalue weighted by Crippen LogP contribution is -2.06. The molecule has 66 valence electrons. The van der Waals surface area contributed by atoms with Gasteiger partial charge in [-0.05, 0) is 13.0 Å². The van der Waals surface area contributed by atoms with Crippen molar-refractivity contribution < 1.29 is 0 Å². The van der Waals surface area contributed by atoms with E-state index in [0.717, 1.165) is 0 Å². The van der Waals surface area contributed by atoms with Crippen LogP contribution in [0, 0.1) is 6.92 Å². The van der Waals surface area contributed by atoms with Gasteiger partial charge in [0, 0.05) is 18.0 Å². The van der Waals surface area contributed by atoms with E-state index in [1.165, 1.54) is 6.20 Å². The molecule has 0 radical (unpaired) electrons. The highest BCUT2D eigenvalue weighted by Gasteiger charge is 2.04. The quantitative estimate of drug-likeness (QED) is 0.651. The van der Waals surface area contributed by atoms with Crippen LogP contribution in [0.5, 0.6) is 0 Å². The molecular formula is C9H7ClN2O. The number of rotatable bonds is 0. The molecule has 0 aliphatic carbocycles. The number of halogens is 1. The topological polar surface area (TPSA) is 45.8 Å². The third kappa shape index (κ3) is 1.21. The van der Waals surface area contributed by atoms with Crippen LogP contribution in [0.15, 0.2) is 23.3 Å². The molecule has 0 bridgehead atoms. The van der Waals surface area contributed by atoms with Gasteiger partial charge in [-0.15, -0.1) is 0 Å². The minimum Gasteiger partial charge on any atom is -0.358 e. The van der Waals surface area contributed by atoms with E-state index in [4.69, 9.17) is 11.6 Å². The molecule has 0 amide bonds. The molecule has 0 fully saturated rings. The molecule has 13 heavy (non-hydrogen) atoms. The van der Waals surface area contributed by atoms with E-state index in [-0.39, 0.29) is 5.43 Å². The number of pyridine rings is 2. The first-order valence-electron chi connectivity index (χ1n) is 3.82. The van der Waals surface area contributed by atoms with Gasteiger partial charge in [-0.2, -0.15) is 0 Å². The molecule has 0 saturated carbocycles. The van der Waals surface area contributed by atoms with Gasteiger partial charge in [0.2, 0.25) is 0 Å². The van der Waals surface area contributed by atoms with Gasteiger partial charge >= 0.3 is 0 Å². The van der Waals surface area contributed by atoms with Crippen LogP contribution in [-0.4, -0.2) is 9.97 Å². The number of hydrogen-bond acceptors (Lipinski definition) is 2. The Morgan fingerprint density at radius 3 is 3.08 bits per heavy atom. The van der Waals surface area contributed by atoms with Gasteiger partial charge in [0.25, 0.3) is 0 Å². The summed E-state index contributed by atoms with van der Waals surface area (Å²) >= 11 is 5.80. The summed E-state index contributed by atoms with van der Waals surface area (Å²) in [5, 5.41) is 0.912. The Hall–Kier alpha value is -1.35. The zero-order chi connectivity index (χ0) is 9.42. The molecule has 0 aliphatic rings. The van der Waals surface area contributed by atoms with Crippen molar-refractivity contribution in [3.05, 3.63) is 39.4 Å². The number of aromatic nitrogens is 2. The number of aryl methyl sites for hydroxylation is 1. The van der Waals surface area contributed by atoms with Crippen molar-refractivity contribution in [3.63, 3.8) is 0 Å². The molecule has 0 spiro atoms. The molecule has 0 atom stereocenters. The van der Waals surface area contributed by atoms with Crippen molar-refractivity contribution in [1.82, 2.24) is 9.97 Å². The summed E-state index contributed by atoms with van der Waals surface area (Å²) in [4.78, 5) is 18.4. The first kappa shape index (κ1) is 8.26. The Bertz CT molecular complexity index is 518. The maximum absolute atomic E-state index is 11.6. The largest absolute Gasteiger partial charge is 0.358 e. The van der Waals surface area contributed by atoms with E-state index >= 15 is 0 Å². The molecule has 2 aromatic heterocycles.